The molecule has 1 aromatic heterocycles. The molecular formula is C18H15NO2S. The van der Waals surface area contributed by atoms with Crippen molar-refractivity contribution in [2.45, 2.75) is 13.3 Å². The van der Waals surface area contributed by atoms with Crippen LogP contribution >= 0.6 is 11.3 Å². The summed E-state index contributed by atoms with van der Waals surface area (Å²) in [4.78, 5) is 17.1. The van der Waals surface area contributed by atoms with E-state index in [2.05, 4.69) is 18.0 Å². The van der Waals surface area contributed by atoms with E-state index in [9.17, 15) is 4.79 Å². The van der Waals surface area contributed by atoms with Crippen molar-refractivity contribution in [3.63, 3.8) is 0 Å². The van der Waals surface area contributed by atoms with E-state index >= 15 is 0 Å². The lowest BCUT2D eigenvalue weighted by molar-refractivity contribution is -0.130. The van der Waals surface area contributed by atoms with Gasteiger partial charge in [0.05, 0.1) is 4.88 Å². The quantitative estimate of drug-likeness (QED) is 0.619. The highest BCUT2D eigenvalue weighted by atomic mass is 32.1. The lowest BCUT2D eigenvalue weighted by atomic mass is 10.1. The molecule has 2 aromatic rings. The Bertz CT molecular complexity index is 756. The molecule has 4 heteroatoms. The van der Waals surface area contributed by atoms with E-state index in [4.69, 9.17) is 4.74 Å². The molecule has 0 N–H and O–H groups in total. The van der Waals surface area contributed by atoms with Gasteiger partial charge in [0.1, 0.15) is 0 Å². The van der Waals surface area contributed by atoms with Crippen LogP contribution in [-0.4, -0.2) is 11.9 Å². The van der Waals surface area contributed by atoms with Gasteiger partial charge in [0.15, 0.2) is 5.70 Å². The van der Waals surface area contributed by atoms with E-state index in [1.54, 1.807) is 6.08 Å². The number of allylic oxidation sites excluding steroid dienone is 2. The normalized spacial score (nSPS) is 16.8. The smallest absolute Gasteiger partial charge is 0.363 e. The summed E-state index contributed by atoms with van der Waals surface area (Å²) in [5, 5.41) is 1.93. The first-order valence-corrected chi connectivity index (χ1v) is 7.96. The molecule has 3 rings (SSSR count). The fourth-order valence-electron chi connectivity index (χ4n) is 2.10. The molecule has 0 amide bonds. The highest BCUT2D eigenvalue weighted by molar-refractivity contribution is 7.12. The van der Waals surface area contributed by atoms with Crippen LogP contribution in [0.15, 0.2) is 70.2 Å². The number of hydrogen-bond donors (Lipinski definition) is 0. The van der Waals surface area contributed by atoms with Gasteiger partial charge in [0.2, 0.25) is 5.90 Å². The van der Waals surface area contributed by atoms with Crippen LogP contribution < -0.4 is 0 Å². The Kier molecular flexibility index (Phi) is 4.30. The Morgan fingerprint density at radius 1 is 1.23 bits per heavy atom. The van der Waals surface area contributed by atoms with Crippen LogP contribution in [0.2, 0.25) is 0 Å². The number of carbonyl (C=O) groups is 1. The van der Waals surface area contributed by atoms with Gasteiger partial charge < -0.3 is 4.74 Å². The van der Waals surface area contributed by atoms with E-state index in [0.717, 1.165) is 22.4 Å². The molecule has 110 valence electrons. The molecule has 0 unspecified atom stereocenters. The van der Waals surface area contributed by atoms with Crippen molar-refractivity contribution >= 4 is 29.3 Å². The summed E-state index contributed by atoms with van der Waals surface area (Å²) >= 11 is 1.50. The van der Waals surface area contributed by atoms with Crippen LogP contribution in [-0.2, 0) is 9.53 Å². The molecule has 0 saturated carbocycles. The summed E-state index contributed by atoms with van der Waals surface area (Å²) in [7, 11) is 0. The van der Waals surface area contributed by atoms with E-state index in [0.29, 0.717) is 11.6 Å². The SMILES string of the molecule is CCC(=C/c1ccccc1)/C=C1\N=C(c2cccs2)OC1=O. The van der Waals surface area contributed by atoms with Gasteiger partial charge in [-0.3, -0.25) is 0 Å². The molecule has 0 radical (unpaired) electrons. The summed E-state index contributed by atoms with van der Waals surface area (Å²) in [5.41, 5.74) is 2.49. The first-order chi connectivity index (χ1) is 10.8. The first kappa shape index (κ1) is 14.5. The third kappa shape index (κ3) is 3.23. The maximum atomic E-state index is 12.0. The highest BCUT2D eigenvalue weighted by Gasteiger charge is 2.24. The monoisotopic (exact) mass is 309 g/mol. The van der Waals surface area contributed by atoms with Crippen LogP contribution in [0.5, 0.6) is 0 Å². The zero-order valence-corrected chi connectivity index (χ0v) is 13.0. The Balaban J connectivity index is 1.89. The van der Waals surface area contributed by atoms with Gasteiger partial charge in [0.25, 0.3) is 0 Å². The summed E-state index contributed by atoms with van der Waals surface area (Å²) < 4.78 is 5.24. The minimum atomic E-state index is -0.393. The Morgan fingerprint density at radius 2 is 2.05 bits per heavy atom. The van der Waals surface area contributed by atoms with Crippen molar-refractivity contribution in [2.75, 3.05) is 0 Å². The average Bonchev–Trinajstić information content (AvgIpc) is 3.18. The maximum absolute atomic E-state index is 12.0. The van der Waals surface area contributed by atoms with Crippen molar-refractivity contribution in [1.29, 1.82) is 0 Å². The number of hydrogen-bond acceptors (Lipinski definition) is 4. The second-order valence-corrected chi connectivity index (χ2v) is 5.74. The van der Waals surface area contributed by atoms with Gasteiger partial charge >= 0.3 is 5.97 Å². The number of esters is 1. The van der Waals surface area contributed by atoms with E-state index in [-0.39, 0.29) is 0 Å². The molecule has 0 aliphatic carbocycles. The van der Waals surface area contributed by atoms with Crippen LogP contribution in [0, 0.1) is 0 Å². The average molecular weight is 309 g/mol. The molecule has 0 spiro atoms. The van der Waals surface area contributed by atoms with Crippen LogP contribution in [0.25, 0.3) is 6.08 Å². The molecule has 2 heterocycles. The summed E-state index contributed by atoms with van der Waals surface area (Å²) in [6.45, 7) is 2.05. The molecule has 0 fully saturated rings. The number of nitrogens with zero attached hydrogens (tertiary/aromatic N) is 1. The van der Waals surface area contributed by atoms with Gasteiger partial charge in [-0.1, -0.05) is 49.4 Å². The molecular weight excluding hydrogens is 294 g/mol. The fourth-order valence-corrected chi connectivity index (χ4v) is 2.75. The van der Waals surface area contributed by atoms with E-state index in [1.807, 2.05) is 47.8 Å². The molecule has 1 aliphatic heterocycles. The van der Waals surface area contributed by atoms with Crippen LogP contribution in [0.4, 0.5) is 0 Å². The first-order valence-electron chi connectivity index (χ1n) is 7.08. The third-order valence-electron chi connectivity index (χ3n) is 3.23. The molecule has 3 nitrogen and oxygen atoms in total. The second kappa shape index (κ2) is 6.54. The largest absolute Gasteiger partial charge is 0.401 e. The molecule has 1 aliphatic rings. The van der Waals surface area contributed by atoms with Gasteiger partial charge in [-0.2, -0.15) is 0 Å². The zero-order chi connectivity index (χ0) is 15.4. The summed E-state index contributed by atoms with van der Waals surface area (Å²) in [6, 6.07) is 13.8. The number of ether oxygens (including phenoxy) is 1. The fraction of sp³-hybridized carbons (Fsp3) is 0.111. The molecule has 1 aromatic carbocycles. The van der Waals surface area contributed by atoms with Gasteiger partial charge in [-0.25, -0.2) is 9.79 Å². The van der Waals surface area contributed by atoms with Crippen molar-refractivity contribution in [3.8, 4) is 0 Å². The predicted octanol–water partition coefficient (Wildman–Crippen LogP) is 4.43. The standard InChI is InChI=1S/C18H15NO2S/c1-2-13(11-14-7-4-3-5-8-14)12-15-18(20)21-17(19-15)16-9-6-10-22-16/h3-12H,2H2,1H3/b13-11-,15-12-. The molecule has 0 saturated heterocycles. The molecule has 0 atom stereocenters. The van der Waals surface area contributed by atoms with Crippen molar-refractivity contribution in [2.24, 2.45) is 4.99 Å². The number of benzene rings is 1. The third-order valence-corrected chi connectivity index (χ3v) is 4.09. The van der Waals surface area contributed by atoms with Gasteiger partial charge in [-0.05, 0) is 35.1 Å². The van der Waals surface area contributed by atoms with Crippen molar-refractivity contribution in [1.82, 2.24) is 0 Å². The topological polar surface area (TPSA) is 38.7 Å². The van der Waals surface area contributed by atoms with E-state index < -0.39 is 5.97 Å². The summed E-state index contributed by atoms with van der Waals surface area (Å²) in [5.74, 6) is -0.00257. The molecule has 0 bridgehead atoms. The van der Waals surface area contributed by atoms with Crippen molar-refractivity contribution in [3.05, 3.63) is 75.6 Å². The lowest BCUT2D eigenvalue weighted by Gasteiger charge is -1.99. The minimum absolute atomic E-state index is 0.354. The Hall–Kier alpha value is -2.46. The zero-order valence-electron chi connectivity index (χ0n) is 12.2. The number of cyclic esters (lactones) is 1. The van der Waals surface area contributed by atoms with Crippen molar-refractivity contribution < 1.29 is 9.53 Å². The number of thiophene rings is 1. The number of aliphatic imine (C=N–C) groups is 1. The summed E-state index contributed by atoms with van der Waals surface area (Å²) in [6.07, 6.45) is 4.67. The Morgan fingerprint density at radius 3 is 2.73 bits per heavy atom. The predicted molar refractivity (Wildman–Crippen MR) is 89.7 cm³/mol. The maximum Gasteiger partial charge on any atom is 0.363 e. The Labute approximate surface area is 133 Å². The van der Waals surface area contributed by atoms with E-state index in [1.165, 1.54) is 11.3 Å². The minimum Gasteiger partial charge on any atom is -0.401 e. The van der Waals surface area contributed by atoms with Gasteiger partial charge in [-0.15, -0.1) is 11.3 Å². The molecule has 22 heavy (non-hydrogen) atoms. The number of rotatable bonds is 4. The second-order valence-electron chi connectivity index (χ2n) is 4.80. The van der Waals surface area contributed by atoms with Crippen LogP contribution in [0.1, 0.15) is 23.8 Å². The highest BCUT2D eigenvalue weighted by Crippen LogP contribution is 2.22. The lowest BCUT2D eigenvalue weighted by Crippen LogP contribution is -2.03. The van der Waals surface area contributed by atoms with Crippen LogP contribution in [0.3, 0.4) is 0 Å². The number of carbonyl (C=O) groups excluding carboxylic acids is 1. The van der Waals surface area contributed by atoms with Gasteiger partial charge in [0, 0.05) is 0 Å².